The second kappa shape index (κ2) is 4.73. The maximum Gasteiger partial charge on any atom is 0.294 e. The summed E-state index contributed by atoms with van der Waals surface area (Å²) in [6.07, 6.45) is 0.528. The Kier molecular flexibility index (Phi) is 3.48. The van der Waals surface area contributed by atoms with Gasteiger partial charge in [-0.25, -0.2) is 0 Å². The van der Waals surface area contributed by atoms with Crippen molar-refractivity contribution >= 4 is 10.1 Å². The second-order valence-corrected chi connectivity index (χ2v) is 5.47. The van der Waals surface area contributed by atoms with Crippen LogP contribution in [-0.4, -0.2) is 32.5 Å². The zero-order chi connectivity index (χ0) is 12.5. The van der Waals surface area contributed by atoms with Gasteiger partial charge in [0.05, 0.1) is 17.6 Å². The molecular weight excluding hydrogens is 244 g/mol. The fourth-order valence-electron chi connectivity index (χ4n) is 1.76. The number of hydrogen-bond donors (Lipinski definition) is 1. The van der Waals surface area contributed by atoms with Crippen molar-refractivity contribution < 1.29 is 22.4 Å². The summed E-state index contributed by atoms with van der Waals surface area (Å²) in [5.41, 5.74) is 1.81. The number of ether oxygens (including phenoxy) is 2. The van der Waals surface area contributed by atoms with Crippen molar-refractivity contribution in [3.8, 4) is 0 Å². The van der Waals surface area contributed by atoms with Gasteiger partial charge in [-0.1, -0.05) is 6.07 Å². The van der Waals surface area contributed by atoms with Crippen LogP contribution >= 0.6 is 0 Å². The van der Waals surface area contributed by atoms with E-state index < -0.39 is 10.1 Å². The highest BCUT2D eigenvalue weighted by molar-refractivity contribution is 7.85. The van der Waals surface area contributed by atoms with Gasteiger partial charge in [-0.15, -0.1) is 0 Å². The summed E-state index contributed by atoms with van der Waals surface area (Å²) in [6, 6.07) is 4.54. The highest BCUT2D eigenvalue weighted by Crippen LogP contribution is 2.19. The van der Waals surface area contributed by atoms with E-state index in [2.05, 4.69) is 0 Å². The molecule has 94 valence electrons. The minimum absolute atomic E-state index is 0.0506. The van der Waals surface area contributed by atoms with Gasteiger partial charge in [0.25, 0.3) is 10.1 Å². The average molecular weight is 258 g/mol. The van der Waals surface area contributed by atoms with Gasteiger partial charge in [0.2, 0.25) is 0 Å². The number of aryl methyl sites for hydroxylation is 1. The predicted molar refractivity (Wildman–Crippen MR) is 60.4 cm³/mol. The van der Waals surface area contributed by atoms with E-state index in [0.29, 0.717) is 13.0 Å². The Balaban J connectivity index is 2.26. The summed E-state index contributed by atoms with van der Waals surface area (Å²) in [7, 11) is -4.15. The Morgan fingerprint density at radius 1 is 1.47 bits per heavy atom. The molecule has 0 aromatic heterocycles. The predicted octanol–water partition coefficient (Wildman–Crippen LogP) is 1.16. The maximum absolute atomic E-state index is 11.0. The van der Waals surface area contributed by atoms with Crippen molar-refractivity contribution in [1.29, 1.82) is 0 Å². The fraction of sp³-hybridized carbons (Fsp3) is 0.455. The third-order valence-electron chi connectivity index (χ3n) is 2.76. The lowest BCUT2D eigenvalue weighted by Crippen LogP contribution is -2.14. The number of rotatable bonds is 3. The largest absolute Gasteiger partial charge is 0.353 e. The fourth-order valence-corrected chi connectivity index (χ4v) is 2.29. The highest BCUT2D eigenvalue weighted by atomic mass is 32.2. The minimum atomic E-state index is -4.15. The Bertz CT molecular complexity index is 503. The van der Waals surface area contributed by atoms with E-state index in [1.165, 1.54) is 12.1 Å². The van der Waals surface area contributed by atoms with Crippen molar-refractivity contribution in [1.82, 2.24) is 0 Å². The van der Waals surface area contributed by atoms with Gasteiger partial charge in [0.1, 0.15) is 6.79 Å². The molecule has 1 heterocycles. The first-order chi connectivity index (χ1) is 7.97. The Labute approximate surface area is 100 Å². The van der Waals surface area contributed by atoms with Gasteiger partial charge >= 0.3 is 0 Å². The molecule has 5 nitrogen and oxygen atoms in total. The molecule has 1 N–H and O–H groups in total. The summed E-state index contributed by atoms with van der Waals surface area (Å²) >= 11 is 0. The quantitative estimate of drug-likeness (QED) is 0.823. The highest BCUT2D eigenvalue weighted by Gasteiger charge is 2.19. The molecule has 1 aliphatic rings. The molecule has 0 amide bonds. The standard InChI is InChI=1S/C11H14O5S/c1-8-2-3-11(17(12,13)14)5-9(8)4-10-6-15-7-16-10/h2-3,5,10H,4,6-7H2,1H3,(H,12,13,14). The van der Waals surface area contributed by atoms with Crippen molar-refractivity contribution in [2.45, 2.75) is 24.3 Å². The van der Waals surface area contributed by atoms with Gasteiger partial charge < -0.3 is 9.47 Å². The van der Waals surface area contributed by atoms with E-state index in [1.54, 1.807) is 6.07 Å². The van der Waals surface area contributed by atoms with Crippen molar-refractivity contribution in [3.63, 3.8) is 0 Å². The van der Waals surface area contributed by atoms with E-state index in [1.807, 2.05) is 6.92 Å². The van der Waals surface area contributed by atoms with Crippen LogP contribution in [0.4, 0.5) is 0 Å². The van der Waals surface area contributed by atoms with Gasteiger partial charge in [-0.05, 0) is 30.2 Å². The van der Waals surface area contributed by atoms with E-state index >= 15 is 0 Å². The molecule has 0 spiro atoms. The Morgan fingerprint density at radius 2 is 2.24 bits per heavy atom. The van der Waals surface area contributed by atoms with Crippen LogP contribution in [0, 0.1) is 6.92 Å². The molecule has 0 saturated carbocycles. The van der Waals surface area contributed by atoms with Crippen LogP contribution in [0.3, 0.4) is 0 Å². The molecule has 6 heteroatoms. The molecule has 2 rings (SSSR count). The van der Waals surface area contributed by atoms with Crippen LogP contribution in [0.5, 0.6) is 0 Å². The van der Waals surface area contributed by atoms with Crippen LogP contribution in [-0.2, 0) is 26.0 Å². The molecule has 1 aromatic carbocycles. The summed E-state index contributed by atoms with van der Waals surface area (Å²) in [5, 5.41) is 0. The van der Waals surface area contributed by atoms with Crippen molar-refractivity contribution in [3.05, 3.63) is 29.3 Å². The normalized spacial score (nSPS) is 20.7. The molecule has 0 aliphatic carbocycles. The van der Waals surface area contributed by atoms with E-state index in [-0.39, 0.29) is 17.8 Å². The smallest absolute Gasteiger partial charge is 0.294 e. The maximum atomic E-state index is 11.0. The first-order valence-corrected chi connectivity index (χ1v) is 6.67. The second-order valence-electron chi connectivity index (χ2n) is 4.04. The zero-order valence-corrected chi connectivity index (χ0v) is 10.2. The molecule has 1 unspecified atom stereocenters. The van der Waals surface area contributed by atoms with Gasteiger partial charge in [-0.2, -0.15) is 8.42 Å². The topological polar surface area (TPSA) is 72.8 Å². The van der Waals surface area contributed by atoms with E-state index in [4.69, 9.17) is 14.0 Å². The summed E-state index contributed by atoms with van der Waals surface area (Å²) < 4.78 is 41.4. The lowest BCUT2D eigenvalue weighted by atomic mass is 10.0. The molecule has 0 bridgehead atoms. The third-order valence-corrected chi connectivity index (χ3v) is 3.61. The molecule has 17 heavy (non-hydrogen) atoms. The van der Waals surface area contributed by atoms with Gasteiger partial charge in [0, 0.05) is 6.42 Å². The zero-order valence-electron chi connectivity index (χ0n) is 9.42. The third kappa shape index (κ3) is 3.04. The lowest BCUT2D eigenvalue weighted by Gasteiger charge is -2.11. The lowest BCUT2D eigenvalue weighted by molar-refractivity contribution is 0.0470. The average Bonchev–Trinajstić information content (AvgIpc) is 2.72. The molecule has 1 fully saturated rings. The Morgan fingerprint density at radius 3 is 2.82 bits per heavy atom. The first-order valence-electron chi connectivity index (χ1n) is 5.23. The SMILES string of the molecule is Cc1ccc(S(=O)(=O)O)cc1CC1COCO1. The van der Waals surface area contributed by atoms with Crippen molar-refractivity contribution in [2.75, 3.05) is 13.4 Å². The van der Waals surface area contributed by atoms with Gasteiger partial charge in [0.15, 0.2) is 0 Å². The molecule has 1 saturated heterocycles. The summed E-state index contributed by atoms with van der Waals surface area (Å²) in [6.45, 7) is 2.68. The van der Waals surface area contributed by atoms with E-state index in [9.17, 15) is 8.42 Å². The monoisotopic (exact) mass is 258 g/mol. The molecular formula is C11H14O5S. The summed E-state index contributed by atoms with van der Waals surface area (Å²) in [5.74, 6) is 0. The molecule has 0 radical (unpaired) electrons. The van der Waals surface area contributed by atoms with Gasteiger partial charge in [-0.3, -0.25) is 4.55 Å². The first kappa shape index (κ1) is 12.5. The van der Waals surface area contributed by atoms with E-state index in [0.717, 1.165) is 11.1 Å². The van der Waals surface area contributed by atoms with Crippen LogP contribution in [0.15, 0.2) is 23.1 Å². The minimum Gasteiger partial charge on any atom is -0.353 e. The number of hydrogen-bond acceptors (Lipinski definition) is 4. The van der Waals surface area contributed by atoms with Crippen molar-refractivity contribution in [2.24, 2.45) is 0 Å². The summed E-state index contributed by atoms with van der Waals surface area (Å²) in [4.78, 5) is -0.0861. The molecule has 1 aliphatic heterocycles. The molecule has 1 aromatic rings. The Hall–Kier alpha value is -0.950. The number of benzene rings is 1. The molecule has 1 atom stereocenters. The van der Waals surface area contributed by atoms with Crippen LogP contribution in [0.1, 0.15) is 11.1 Å². The van der Waals surface area contributed by atoms with Crippen LogP contribution in [0.2, 0.25) is 0 Å². The van der Waals surface area contributed by atoms with Crippen LogP contribution < -0.4 is 0 Å². The van der Waals surface area contributed by atoms with Crippen LogP contribution in [0.25, 0.3) is 0 Å².